The first kappa shape index (κ1) is 10.2. The molecule has 1 unspecified atom stereocenters. The molecule has 1 heterocycles. The normalized spacial score (nSPS) is 19.7. The van der Waals surface area contributed by atoms with Gasteiger partial charge in [0.1, 0.15) is 0 Å². The monoisotopic (exact) mass is 204 g/mol. The lowest BCUT2D eigenvalue weighted by atomic mass is 9.92. The van der Waals surface area contributed by atoms with E-state index in [9.17, 15) is 4.79 Å². The maximum atomic E-state index is 11.5. The molecule has 1 amide bonds. The van der Waals surface area contributed by atoms with Crippen LogP contribution in [0, 0.1) is 13.8 Å². The third-order valence-corrected chi connectivity index (χ3v) is 2.89. The zero-order valence-corrected chi connectivity index (χ0v) is 9.35. The summed E-state index contributed by atoms with van der Waals surface area (Å²) in [6.07, 6.45) is 0.521. The van der Waals surface area contributed by atoms with Crippen LogP contribution < -0.4 is 10.6 Å². The quantitative estimate of drug-likeness (QED) is 0.733. The Labute approximate surface area is 89.9 Å². The summed E-state index contributed by atoms with van der Waals surface area (Å²) >= 11 is 0. The van der Waals surface area contributed by atoms with Gasteiger partial charge in [-0.2, -0.15) is 0 Å². The number of fused-ring (bicyclic) bond motifs is 1. The molecule has 3 heteroatoms. The number of carbonyl (C=O) groups excluding carboxylic acids is 1. The van der Waals surface area contributed by atoms with E-state index in [0.717, 1.165) is 5.69 Å². The third kappa shape index (κ3) is 1.75. The number of amides is 1. The summed E-state index contributed by atoms with van der Waals surface area (Å²) < 4.78 is 0. The van der Waals surface area contributed by atoms with Crippen molar-refractivity contribution in [3.63, 3.8) is 0 Å². The fraction of sp³-hybridized carbons (Fsp3) is 0.417. The van der Waals surface area contributed by atoms with E-state index in [0.29, 0.717) is 6.42 Å². The highest BCUT2D eigenvalue weighted by molar-refractivity contribution is 5.95. The predicted octanol–water partition coefficient (Wildman–Crippen LogP) is 1.91. The second kappa shape index (κ2) is 3.66. The summed E-state index contributed by atoms with van der Waals surface area (Å²) in [5, 5.41) is 6.12. The van der Waals surface area contributed by atoms with Gasteiger partial charge < -0.3 is 10.6 Å². The van der Waals surface area contributed by atoms with Crippen molar-refractivity contribution in [1.82, 2.24) is 5.32 Å². The molecule has 1 aromatic rings. The Hall–Kier alpha value is -1.35. The van der Waals surface area contributed by atoms with Crippen LogP contribution in [0.4, 0.5) is 5.69 Å². The van der Waals surface area contributed by atoms with Gasteiger partial charge in [-0.15, -0.1) is 0 Å². The highest BCUT2D eigenvalue weighted by atomic mass is 16.1. The number of hydrogen-bond donors (Lipinski definition) is 2. The van der Waals surface area contributed by atoms with Crippen molar-refractivity contribution < 1.29 is 4.79 Å². The Balaban J connectivity index is 2.55. The zero-order valence-electron chi connectivity index (χ0n) is 9.35. The molecular formula is C12H16N2O. The fourth-order valence-corrected chi connectivity index (χ4v) is 2.28. The average Bonchev–Trinajstić information content (AvgIpc) is 2.14. The molecule has 0 radical (unpaired) electrons. The van der Waals surface area contributed by atoms with Gasteiger partial charge in [0, 0.05) is 18.2 Å². The van der Waals surface area contributed by atoms with Gasteiger partial charge in [0.05, 0.1) is 0 Å². The van der Waals surface area contributed by atoms with Gasteiger partial charge in [0.2, 0.25) is 5.91 Å². The second-order valence-electron chi connectivity index (χ2n) is 4.14. The Morgan fingerprint density at radius 2 is 2.13 bits per heavy atom. The van der Waals surface area contributed by atoms with Gasteiger partial charge in [-0.3, -0.25) is 4.79 Å². The van der Waals surface area contributed by atoms with E-state index in [1.165, 1.54) is 16.7 Å². The minimum absolute atomic E-state index is 0.0897. The molecule has 1 aliphatic rings. The number of rotatable bonds is 1. The number of aryl methyl sites for hydroxylation is 2. The molecule has 1 atom stereocenters. The van der Waals surface area contributed by atoms with Gasteiger partial charge in [-0.1, -0.05) is 6.07 Å². The molecule has 1 aromatic carbocycles. The lowest BCUT2D eigenvalue weighted by Gasteiger charge is -2.27. The van der Waals surface area contributed by atoms with Crippen LogP contribution in [0.5, 0.6) is 0 Å². The third-order valence-electron chi connectivity index (χ3n) is 2.89. The Morgan fingerprint density at radius 1 is 1.40 bits per heavy atom. The topological polar surface area (TPSA) is 41.1 Å². The zero-order chi connectivity index (χ0) is 11.0. The summed E-state index contributed by atoms with van der Waals surface area (Å²) in [5.74, 6) is 0.0897. The minimum Gasteiger partial charge on any atom is -0.326 e. The van der Waals surface area contributed by atoms with E-state index in [1.807, 2.05) is 20.0 Å². The summed E-state index contributed by atoms with van der Waals surface area (Å²) in [6, 6.07) is 4.33. The van der Waals surface area contributed by atoms with Gasteiger partial charge >= 0.3 is 0 Å². The molecule has 0 fully saturated rings. The van der Waals surface area contributed by atoms with Crippen LogP contribution in [0.2, 0.25) is 0 Å². The molecule has 2 N–H and O–H groups in total. The SMILES string of the molecule is CNC1CC(=O)Nc2cc(C)cc(C)c21. The second-order valence-corrected chi connectivity index (χ2v) is 4.14. The molecule has 0 saturated heterocycles. The van der Waals surface area contributed by atoms with Gasteiger partial charge in [0.15, 0.2) is 0 Å². The van der Waals surface area contributed by atoms with Crippen LogP contribution in [0.1, 0.15) is 29.2 Å². The van der Waals surface area contributed by atoms with E-state index in [4.69, 9.17) is 0 Å². The van der Waals surface area contributed by atoms with Crippen molar-refractivity contribution in [2.24, 2.45) is 0 Å². The van der Waals surface area contributed by atoms with E-state index >= 15 is 0 Å². The van der Waals surface area contributed by atoms with Crippen LogP contribution in [0.25, 0.3) is 0 Å². The van der Waals surface area contributed by atoms with E-state index in [1.54, 1.807) is 0 Å². The van der Waals surface area contributed by atoms with Crippen LogP contribution in [-0.4, -0.2) is 13.0 Å². The molecule has 0 saturated carbocycles. The smallest absolute Gasteiger partial charge is 0.226 e. The molecule has 3 nitrogen and oxygen atoms in total. The molecule has 80 valence electrons. The van der Waals surface area contributed by atoms with E-state index in [2.05, 4.69) is 23.6 Å². The summed E-state index contributed by atoms with van der Waals surface area (Å²) in [7, 11) is 1.90. The largest absolute Gasteiger partial charge is 0.326 e. The molecule has 0 aromatic heterocycles. The van der Waals surface area contributed by atoms with Crippen molar-refractivity contribution in [1.29, 1.82) is 0 Å². The fourth-order valence-electron chi connectivity index (χ4n) is 2.28. The number of anilines is 1. The van der Waals surface area contributed by atoms with Crippen LogP contribution in [0.15, 0.2) is 12.1 Å². The Bertz CT molecular complexity index is 412. The number of nitrogens with one attached hydrogen (secondary N) is 2. The molecule has 15 heavy (non-hydrogen) atoms. The first-order valence-electron chi connectivity index (χ1n) is 5.20. The summed E-state index contributed by atoms with van der Waals surface area (Å²) in [6.45, 7) is 4.13. The molecule has 0 bridgehead atoms. The standard InChI is InChI=1S/C12H16N2O/c1-7-4-8(2)12-9(13-3)6-11(15)14-10(12)5-7/h4-5,9,13H,6H2,1-3H3,(H,14,15). The first-order chi connectivity index (χ1) is 7.11. The average molecular weight is 204 g/mol. The van der Waals surface area contributed by atoms with Crippen molar-refractivity contribution in [2.75, 3.05) is 12.4 Å². The van der Waals surface area contributed by atoms with Crippen LogP contribution in [-0.2, 0) is 4.79 Å². The van der Waals surface area contributed by atoms with Gasteiger partial charge in [-0.05, 0) is 43.7 Å². The summed E-state index contributed by atoms with van der Waals surface area (Å²) in [4.78, 5) is 11.5. The van der Waals surface area contributed by atoms with Crippen molar-refractivity contribution in [3.05, 3.63) is 28.8 Å². The predicted molar refractivity (Wildman–Crippen MR) is 61.0 cm³/mol. The van der Waals surface area contributed by atoms with E-state index in [-0.39, 0.29) is 11.9 Å². The maximum Gasteiger partial charge on any atom is 0.226 e. The first-order valence-corrected chi connectivity index (χ1v) is 5.20. The number of carbonyl (C=O) groups is 1. The molecule has 0 aliphatic carbocycles. The van der Waals surface area contributed by atoms with Gasteiger partial charge in [-0.25, -0.2) is 0 Å². The Morgan fingerprint density at radius 3 is 2.80 bits per heavy atom. The molecular weight excluding hydrogens is 188 g/mol. The highest BCUT2D eigenvalue weighted by Gasteiger charge is 2.25. The van der Waals surface area contributed by atoms with Gasteiger partial charge in [0.25, 0.3) is 0 Å². The van der Waals surface area contributed by atoms with Crippen molar-refractivity contribution in [3.8, 4) is 0 Å². The molecule has 2 rings (SSSR count). The minimum atomic E-state index is 0.0897. The number of hydrogen-bond acceptors (Lipinski definition) is 2. The van der Waals surface area contributed by atoms with Crippen LogP contribution >= 0.6 is 0 Å². The lowest BCUT2D eigenvalue weighted by Crippen LogP contribution is -2.30. The molecule has 1 aliphatic heterocycles. The highest BCUT2D eigenvalue weighted by Crippen LogP contribution is 2.33. The van der Waals surface area contributed by atoms with Crippen LogP contribution in [0.3, 0.4) is 0 Å². The number of benzene rings is 1. The Kier molecular flexibility index (Phi) is 2.49. The molecule has 0 spiro atoms. The maximum absolute atomic E-state index is 11.5. The van der Waals surface area contributed by atoms with E-state index < -0.39 is 0 Å². The lowest BCUT2D eigenvalue weighted by molar-refractivity contribution is -0.117. The van der Waals surface area contributed by atoms with Crippen molar-refractivity contribution >= 4 is 11.6 Å². The summed E-state index contributed by atoms with van der Waals surface area (Å²) in [5.41, 5.74) is 4.61. The van der Waals surface area contributed by atoms with Crippen molar-refractivity contribution in [2.45, 2.75) is 26.3 Å².